The van der Waals surface area contributed by atoms with Crippen LogP contribution in [-0.4, -0.2) is 23.7 Å². The Morgan fingerprint density at radius 1 is 1.38 bits per heavy atom. The molecule has 116 valence electrons. The summed E-state index contributed by atoms with van der Waals surface area (Å²) in [6, 6.07) is 2.91. The van der Waals surface area contributed by atoms with Crippen LogP contribution in [0.1, 0.15) is 50.8 Å². The summed E-state index contributed by atoms with van der Waals surface area (Å²) in [6.07, 6.45) is 5.66. The van der Waals surface area contributed by atoms with Crippen molar-refractivity contribution in [1.29, 1.82) is 0 Å². The number of rotatable bonds is 5. The number of nitrogens with one attached hydrogen (secondary N) is 2. The maximum atomic E-state index is 11.9. The number of carbonyl (C=O) groups excluding carboxylic acids is 1. The van der Waals surface area contributed by atoms with Crippen LogP contribution >= 0.6 is 0 Å². The van der Waals surface area contributed by atoms with Gasteiger partial charge < -0.3 is 20.2 Å². The zero-order chi connectivity index (χ0) is 15.3. The van der Waals surface area contributed by atoms with Crippen LogP contribution in [0, 0.1) is 5.41 Å². The Hall–Kier alpha value is -1.98. The summed E-state index contributed by atoms with van der Waals surface area (Å²) in [5.74, 6) is -0.155. The van der Waals surface area contributed by atoms with Crippen molar-refractivity contribution in [2.45, 2.75) is 45.1 Å². The smallest absolute Gasteiger partial charge is 0.315 e. The van der Waals surface area contributed by atoms with Crippen molar-refractivity contribution in [2.24, 2.45) is 5.41 Å². The molecule has 6 heteroatoms. The van der Waals surface area contributed by atoms with Crippen molar-refractivity contribution in [1.82, 2.24) is 10.6 Å². The lowest BCUT2D eigenvalue weighted by Crippen LogP contribution is -2.47. The first-order chi connectivity index (χ1) is 10.0. The quantitative estimate of drug-likeness (QED) is 0.778. The zero-order valence-electron chi connectivity index (χ0n) is 12.2. The number of hydrogen-bond acceptors (Lipinski definition) is 3. The molecule has 0 radical (unpaired) electrons. The predicted molar refractivity (Wildman–Crippen MR) is 76.8 cm³/mol. The molecule has 0 bridgehead atoms. The second kappa shape index (κ2) is 6.65. The summed E-state index contributed by atoms with van der Waals surface area (Å²) in [4.78, 5) is 23.4. The van der Waals surface area contributed by atoms with E-state index in [1.807, 2.05) is 6.92 Å². The number of carboxylic acid groups (broad SMARTS) is 1. The molecule has 3 N–H and O–H groups in total. The Balaban J connectivity index is 1.86. The summed E-state index contributed by atoms with van der Waals surface area (Å²) in [5, 5.41) is 14.9. The molecule has 1 saturated carbocycles. The zero-order valence-corrected chi connectivity index (χ0v) is 12.2. The fraction of sp³-hybridized carbons (Fsp3) is 0.600. The first-order valence-corrected chi connectivity index (χ1v) is 7.35. The molecular weight excluding hydrogens is 272 g/mol. The van der Waals surface area contributed by atoms with Crippen LogP contribution in [0.2, 0.25) is 0 Å². The molecular formula is C15H22N2O4. The van der Waals surface area contributed by atoms with Crippen LogP contribution in [0.3, 0.4) is 0 Å². The number of carboxylic acids is 1. The third-order valence-electron chi connectivity index (χ3n) is 4.17. The van der Waals surface area contributed by atoms with Gasteiger partial charge in [-0.1, -0.05) is 19.3 Å². The Kier molecular flexibility index (Phi) is 4.88. The Bertz CT molecular complexity index is 478. The van der Waals surface area contributed by atoms with Crippen LogP contribution < -0.4 is 10.6 Å². The van der Waals surface area contributed by atoms with E-state index in [0.29, 0.717) is 18.6 Å². The van der Waals surface area contributed by atoms with Gasteiger partial charge in [0.1, 0.15) is 5.76 Å². The minimum atomic E-state index is -0.818. The minimum Gasteiger partial charge on any atom is -0.481 e. The van der Waals surface area contributed by atoms with E-state index in [1.165, 1.54) is 0 Å². The second-order valence-corrected chi connectivity index (χ2v) is 5.71. The molecule has 1 heterocycles. The molecule has 1 fully saturated rings. The summed E-state index contributed by atoms with van der Waals surface area (Å²) >= 11 is 0. The normalized spacial score (nSPS) is 18.7. The maximum Gasteiger partial charge on any atom is 0.315 e. The van der Waals surface area contributed by atoms with E-state index in [1.54, 1.807) is 18.4 Å². The lowest BCUT2D eigenvalue weighted by molar-refractivity contribution is -0.150. The molecule has 2 amide bonds. The molecule has 0 spiro atoms. The van der Waals surface area contributed by atoms with Gasteiger partial charge in [-0.2, -0.15) is 0 Å². The van der Waals surface area contributed by atoms with Gasteiger partial charge in [0.2, 0.25) is 0 Å². The van der Waals surface area contributed by atoms with Crippen LogP contribution in [0.15, 0.2) is 22.8 Å². The molecule has 1 aliphatic rings. The largest absolute Gasteiger partial charge is 0.481 e. The number of urea groups is 1. The third kappa shape index (κ3) is 3.77. The van der Waals surface area contributed by atoms with Crippen molar-refractivity contribution < 1.29 is 19.1 Å². The van der Waals surface area contributed by atoms with Gasteiger partial charge in [-0.25, -0.2) is 4.79 Å². The maximum absolute atomic E-state index is 11.9. The first kappa shape index (κ1) is 15.4. The second-order valence-electron chi connectivity index (χ2n) is 5.71. The average Bonchev–Trinajstić information content (AvgIpc) is 3.00. The minimum absolute atomic E-state index is 0.166. The highest BCUT2D eigenvalue weighted by Crippen LogP contribution is 2.35. The highest BCUT2D eigenvalue weighted by molar-refractivity contribution is 5.78. The van der Waals surface area contributed by atoms with E-state index >= 15 is 0 Å². The molecule has 6 nitrogen and oxygen atoms in total. The molecule has 1 aromatic heterocycles. The van der Waals surface area contributed by atoms with Crippen LogP contribution in [0.25, 0.3) is 0 Å². The van der Waals surface area contributed by atoms with Gasteiger partial charge in [-0.05, 0) is 31.9 Å². The molecule has 1 atom stereocenters. The summed E-state index contributed by atoms with van der Waals surface area (Å²) in [7, 11) is 0. The number of hydrogen-bond donors (Lipinski definition) is 3. The number of furan rings is 1. The molecule has 1 aliphatic carbocycles. The van der Waals surface area contributed by atoms with E-state index in [0.717, 1.165) is 19.3 Å². The van der Waals surface area contributed by atoms with Crippen molar-refractivity contribution in [2.75, 3.05) is 6.54 Å². The lowest BCUT2D eigenvalue weighted by atomic mass is 9.74. The third-order valence-corrected chi connectivity index (χ3v) is 4.17. The van der Waals surface area contributed by atoms with Crippen molar-refractivity contribution in [3.05, 3.63) is 24.2 Å². The number of carbonyl (C=O) groups is 2. The average molecular weight is 294 g/mol. The van der Waals surface area contributed by atoms with Gasteiger partial charge in [0, 0.05) is 6.54 Å². The van der Waals surface area contributed by atoms with E-state index in [-0.39, 0.29) is 18.6 Å². The van der Waals surface area contributed by atoms with Gasteiger partial charge in [-0.3, -0.25) is 4.79 Å². The molecule has 0 saturated heterocycles. The van der Waals surface area contributed by atoms with Gasteiger partial charge >= 0.3 is 12.0 Å². The van der Waals surface area contributed by atoms with Gasteiger partial charge in [0.05, 0.1) is 17.7 Å². The Morgan fingerprint density at radius 2 is 2.10 bits per heavy atom. The van der Waals surface area contributed by atoms with Crippen LogP contribution in [0.4, 0.5) is 4.79 Å². The monoisotopic (exact) mass is 294 g/mol. The van der Waals surface area contributed by atoms with Crippen LogP contribution in [0.5, 0.6) is 0 Å². The lowest BCUT2D eigenvalue weighted by Gasteiger charge is -2.33. The topological polar surface area (TPSA) is 91.6 Å². The molecule has 0 aliphatic heterocycles. The Morgan fingerprint density at radius 3 is 2.67 bits per heavy atom. The van der Waals surface area contributed by atoms with Crippen molar-refractivity contribution in [3.8, 4) is 0 Å². The van der Waals surface area contributed by atoms with Gasteiger partial charge in [0.25, 0.3) is 0 Å². The Labute approximate surface area is 123 Å². The summed E-state index contributed by atoms with van der Waals surface area (Å²) < 4.78 is 5.21. The fourth-order valence-electron chi connectivity index (χ4n) is 2.80. The molecule has 2 rings (SSSR count). The van der Waals surface area contributed by atoms with Crippen molar-refractivity contribution in [3.63, 3.8) is 0 Å². The van der Waals surface area contributed by atoms with Crippen molar-refractivity contribution >= 4 is 12.0 Å². The van der Waals surface area contributed by atoms with E-state index in [4.69, 9.17) is 4.42 Å². The fourth-order valence-corrected chi connectivity index (χ4v) is 2.80. The highest BCUT2D eigenvalue weighted by atomic mass is 16.4. The summed E-state index contributed by atoms with van der Waals surface area (Å²) in [5.41, 5.74) is -0.816. The van der Waals surface area contributed by atoms with E-state index < -0.39 is 11.4 Å². The standard InChI is InChI=1S/C15H22N2O4/c1-11(12-6-5-9-21-12)17-14(20)16-10-15(13(18)19)7-3-2-4-8-15/h5-6,9,11H,2-4,7-8,10H2,1H3,(H,18,19)(H2,16,17,20). The molecule has 0 aromatic carbocycles. The number of amides is 2. The van der Waals surface area contributed by atoms with Crippen LogP contribution in [-0.2, 0) is 4.79 Å². The molecule has 1 unspecified atom stereocenters. The summed E-state index contributed by atoms with van der Waals surface area (Å²) in [6.45, 7) is 1.98. The van der Waals surface area contributed by atoms with Gasteiger partial charge in [0.15, 0.2) is 0 Å². The molecule has 1 aromatic rings. The first-order valence-electron chi connectivity index (χ1n) is 7.35. The van der Waals surface area contributed by atoms with E-state index in [2.05, 4.69) is 10.6 Å². The number of aliphatic carboxylic acids is 1. The highest BCUT2D eigenvalue weighted by Gasteiger charge is 2.39. The van der Waals surface area contributed by atoms with Gasteiger partial charge in [-0.15, -0.1) is 0 Å². The predicted octanol–water partition coefficient (Wildman–Crippen LogP) is 2.67. The molecule has 21 heavy (non-hydrogen) atoms. The van der Waals surface area contributed by atoms with E-state index in [9.17, 15) is 14.7 Å². The SMILES string of the molecule is CC(NC(=O)NCC1(C(=O)O)CCCCC1)c1ccco1.